The minimum Gasteiger partial charge on any atom is -0.376 e. The van der Waals surface area contributed by atoms with Crippen molar-refractivity contribution in [3.05, 3.63) is 18.6 Å². The molecule has 3 atom stereocenters. The number of amides is 1. The SMILES string of the molecule is CCCO[C@@H]1C[C@@H](C(=O)N2CCCC2)CC[C@H]1Nc1ncnc2[nH]ccc12. The predicted octanol–water partition coefficient (Wildman–Crippen LogP) is 2.96. The summed E-state index contributed by atoms with van der Waals surface area (Å²) in [6, 6.07) is 2.15. The molecule has 2 fully saturated rings. The van der Waals surface area contributed by atoms with E-state index in [4.69, 9.17) is 4.74 Å². The van der Waals surface area contributed by atoms with Crippen LogP contribution in [0.15, 0.2) is 18.6 Å². The van der Waals surface area contributed by atoms with Crippen LogP contribution in [-0.4, -0.2) is 57.6 Å². The van der Waals surface area contributed by atoms with Crippen LogP contribution in [0.5, 0.6) is 0 Å². The van der Waals surface area contributed by atoms with Crippen molar-refractivity contribution in [1.29, 1.82) is 0 Å². The van der Waals surface area contributed by atoms with Crippen LogP contribution in [0.1, 0.15) is 45.4 Å². The zero-order valence-electron chi connectivity index (χ0n) is 16.0. The number of hydrogen-bond acceptors (Lipinski definition) is 5. The molecule has 1 aliphatic heterocycles. The van der Waals surface area contributed by atoms with Gasteiger partial charge in [-0.15, -0.1) is 0 Å². The molecule has 2 aromatic heterocycles. The molecule has 2 N–H and O–H groups in total. The van der Waals surface area contributed by atoms with E-state index in [1.54, 1.807) is 6.33 Å². The number of aromatic amines is 1. The van der Waals surface area contributed by atoms with Gasteiger partial charge in [-0.25, -0.2) is 9.97 Å². The fourth-order valence-electron chi connectivity index (χ4n) is 4.33. The number of nitrogens with zero attached hydrogens (tertiary/aromatic N) is 3. The Balaban J connectivity index is 1.47. The van der Waals surface area contributed by atoms with Crippen molar-refractivity contribution in [2.75, 3.05) is 25.0 Å². The van der Waals surface area contributed by atoms with E-state index >= 15 is 0 Å². The van der Waals surface area contributed by atoms with Crippen LogP contribution in [0.2, 0.25) is 0 Å². The quantitative estimate of drug-likeness (QED) is 0.816. The Labute approximate surface area is 159 Å². The molecule has 0 aromatic carbocycles. The Bertz CT molecular complexity index is 771. The Morgan fingerprint density at radius 3 is 3.00 bits per heavy atom. The highest BCUT2D eigenvalue weighted by Crippen LogP contribution is 2.32. The molecule has 0 radical (unpaired) electrons. The number of aromatic nitrogens is 3. The summed E-state index contributed by atoms with van der Waals surface area (Å²) >= 11 is 0. The minimum absolute atomic E-state index is 0.0270. The molecule has 0 spiro atoms. The van der Waals surface area contributed by atoms with E-state index in [-0.39, 0.29) is 18.1 Å². The number of anilines is 1. The van der Waals surface area contributed by atoms with Crippen LogP contribution in [0.25, 0.3) is 11.0 Å². The zero-order valence-corrected chi connectivity index (χ0v) is 16.0. The van der Waals surface area contributed by atoms with Crippen molar-refractivity contribution in [2.45, 2.75) is 57.6 Å². The molecular formula is C20H29N5O2. The van der Waals surface area contributed by atoms with Gasteiger partial charge in [0.05, 0.1) is 17.5 Å². The minimum atomic E-state index is 0.0270. The smallest absolute Gasteiger partial charge is 0.225 e. The number of hydrogen-bond donors (Lipinski definition) is 2. The lowest BCUT2D eigenvalue weighted by Gasteiger charge is -2.37. The first-order chi connectivity index (χ1) is 13.3. The molecule has 4 rings (SSSR count). The van der Waals surface area contributed by atoms with Crippen molar-refractivity contribution in [3.8, 4) is 0 Å². The summed E-state index contributed by atoms with van der Waals surface area (Å²) in [5, 5.41) is 4.56. The van der Waals surface area contributed by atoms with Gasteiger partial charge in [0.15, 0.2) is 0 Å². The van der Waals surface area contributed by atoms with Crippen LogP contribution in [-0.2, 0) is 9.53 Å². The van der Waals surface area contributed by atoms with Crippen LogP contribution in [0.4, 0.5) is 5.82 Å². The molecule has 7 heteroatoms. The first kappa shape index (κ1) is 18.2. The predicted molar refractivity (Wildman–Crippen MR) is 104 cm³/mol. The lowest BCUT2D eigenvalue weighted by Crippen LogP contribution is -2.46. The maximum absolute atomic E-state index is 12.9. The van der Waals surface area contributed by atoms with Crippen molar-refractivity contribution in [1.82, 2.24) is 19.9 Å². The van der Waals surface area contributed by atoms with Gasteiger partial charge in [-0.05, 0) is 44.6 Å². The summed E-state index contributed by atoms with van der Waals surface area (Å²) in [6.45, 7) is 4.68. The van der Waals surface area contributed by atoms with E-state index in [1.165, 1.54) is 0 Å². The Kier molecular flexibility index (Phi) is 5.57. The van der Waals surface area contributed by atoms with Crippen LogP contribution in [0.3, 0.4) is 0 Å². The van der Waals surface area contributed by atoms with Gasteiger partial charge in [0.1, 0.15) is 17.8 Å². The Morgan fingerprint density at radius 1 is 1.33 bits per heavy atom. The third kappa shape index (κ3) is 3.93. The second-order valence-corrected chi connectivity index (χ2v) is 7.66. The average Bonchev–Trinajstić information content (AvgIpc) is 3.39. The second kappa shape index (κ2) is 8.25. The van der Waals surface area contributed by atoms with E-state index in [1.807, 2.05) is 17.2 Å². The standard InChI is InChI=1S/C20H29N5O2/c1-2-11-27-17-12-14(20(26)25-9-3-4-10-25)5-6-16(17)24-19-15-7-8-21-18(15)22-13-23-19/h7-8,13-14,16-17H,2-6,9-12H2,1H3,(H2,21,22,23,24)/t14-,16+,17+/m0/s1. The highest BCUT2D eigenvalue weighted by atomic mass is 16.5. The van der Waals surface area contributed by atoms with Crippen LogP contribution in [0, 0.1) is 5.92 Å². The first-order valence-corrected chi connectivity index (χ1v) is 10.2. The van der Waals surface area contributed by atoms with Crippen molar-refractivity contribution < 1.29 is 9.53 Å². The summed E-state index contributed by atoms with van der Waals surface area (Å²) < 4.78 is 6.17. The van der Waals surface area contributed by atoms with E-state index < -0.39 is 0 Å². The molecule has 27 heavy (non-hydrogen) atoms. The third-order valence-corrected chi connectivity index (χ3v) is 5.77. The summed E-state index contributed by atoms with van der Waals surface area (Å²) in [4.78, 5) is 26.7. The van der Waals surface area contributed by atoms with Crippen molar-refractivity contribution in [2.24, 2.45) is 5.92 Å². The first-order valence-electron chi connectivity index (χ1n) is 10.2. The highest BCUT2D eigenvalue weighted by Gasteiger charge is 2.37. The number of carbonyl (C=O) groups excluding carboxylic acids is 1. The molecule has 0 bridgehead atoms. The van der Waals surface area contributed by atoms with Gasteiger partial charge in [-0.1, -0.05) is 6.92 Å². The Hall–Kier alpha value is -2.15. The van der Waals surface area contributed by atoms with Gasteiger partial charge in [0.25, 0.3) is 0 Å². The van der Waals surface area contributed by atoms with Gasteiger partial charge in [-0.3, -0.25) is 4.79 Å². The topological polar surface area (TPSA) is 83.1 Å². The maximum atomic E-state index is 12.9. The van der Waals surface area contributed by atoms with Gasteiger partial charge < -0.3 is 19.9 Å². The number of rotatable bonds is 6. The van der Waals surface area contributed by atoms with Gasteiger partial charge in [0.2, 0.25) is 5.91 Å². The molecule has 0 unspecified atom stereocenters. The average molecular weight is 371 g/mol. The number of fused-ring (bicyclic) bond motifs is 1. The van der Waals surface area contributed by atoms with E-state index in [2.05, 4.69) is 27.2 Å². The number of carbonyl (C=O) groups is 1. The maximum Gasteiger partial charge on any atom is 0.225 e. The van der Waals surface area contributed by atoms with Crippen LogP contribution >= 0.6 is 0 Å². The molecule has 1 saturated carbocycles. The number of nitrogens with one attached hydrogen (secondary N) is 2. The summed E-state index contributed by atoms with van der Waals surface area (Å²) in [5.74, 6) is 1.24. The number of H-pyrrole nitrogens is 1. The number of likely N-dealkylation sites (tertiary alicyclic amines) is 1. The monoisotopic (exact) mass is 371 g/mol. The number of ether oxygens (including phenoxy) is 1. The zero-order chi connectivity index (χ0) is 18.6. The van der Waals surface area contributed by atoms with Crippen LogP contribution < -0.4 is 5.32 Å². The molecule has 3 heterocycles. The molecule has 7 nitrogen and oxygen atoms in total. The fourth-order valence-corrected chi connectivity index (χ4v) is 4.33. The Morgan fingerprint density at radius 2 is 2.19 bits per heavy atom. The largest absolute Gasteiger partial charge is 0.376 e. The fraction of sp³-hybridized carbons (Fsp3) is 0.650. The van der Waals surface area contributed by atoms with Gasteiger partial charge in [0, 0.05) is 31.8 Å². The van der Waals surface area contributed by atoms with Gasteiger partial charge in [-0.2, -0.15) is 0 Å². The lowest BCUT2D eigenvalue weighted by molar-refractivity contribution is -0.137. The molecule has 1 saturated heterocycles. The molecule has 2 aliphatic rings. The third-order valence-electron chi connectivity index (χ3n) is 5.77. The normalized spacial score (nSPS) is 25.8. The van der Waals surface area contributed by atoms with E-state index in [0.717, 1.165) is 75.1 Å². The molecular weight excluding hydrogens is 342 g/mol. The van der Waals surface area contributed by atoms with Crippen molar-refractivity contribution in [3.63, 3.8) is 0 Å². The van der Waals surface area contributed by atoms with E-state index in [0.29, 0.717) is 5.91 Å². The second-order valence-electron chi connectivity index (χ2n) is 7.66. The van der Waals surface area contributed by atoms with E-state index in [9.17, 15) is 4.79 Å². The molecule has 1 amide bonds. The molecule has 146 valence electrons. The summed E-state index contributed by atoms with van der Waals surface area (Å²) in [6.07, 6.45) is 9.33. The lowest BCUT2D eigenvalue weighted by atomic mass is 9.82. The summed E-state index contributed by atoms with van der Waals surface area (Å²) in [5.41, 5.74) is 0.830. The van der Waals surface area contributed by atoms with Gasteiger partial charge >= 0.3 is 0 Å². The molecule has 2 aromatic rings. The highest BCUT2D eigenvalue weighted by molar-refractivity contribution is 5.86. The van der Waals surface area contributed by atoms with Crippen molar-refractivity contribution >= 4 is 22.8 Å². The summed E-state index contributed by atoms with van der Waals surface area (Å²) in [7, 11) is 0. The molecule has 1 aliphatic carbocycles.